The molecule has 4 fully saturated rings. The van der Waals surface area contributed by atoms with E-state index in [4.69, 9.17) is 9.47 Å². The first-order valence-corrected chi connectivity index (χ1v) is 10.3. The fourth-order valence-corrected chi connectivity index (χ4v) is 6.01. The summed E-state index contributed by atoms with van der Waals surface area (Å²) in [5.41, 5.74) is 0.368. The van der Waals surface area contributed by atoms with E-state index in [2.05, 4.69) is 10.6 Å². The summed E-state index contributed by atoms with van der Waals surface area (Å²) in [4.78, 5) is 25.3. The fraction of sp³-hybridized carbons (Fsp3) is 0.636. The average Bonchev–Trinajstić information content (AvgIpc) is 2.69. The molecule has 5 rings (SSSR count). The van der Waals surface area contributed by atoms with E-state index in [1.807, 2.05) is 0 Å². The highest BCUT2D eigenvalue weighted by atomic mass is 16.5. The number of nitrogens with one attached hydrogen (secondary N) is 2. The van der Waals surface area contributed by atoms with Gasteiger partial charge in [0.15, 0.2) is 11.5 Å². The Kier molecular flexibility index (Phi) is 5.21. The summed E-state index contributed by atoms with van der Waals surface area (Å²) in [5, 5.41) is 5.96. The van der Waals surface area contributed by atoms with E-state index in [0.717, 1.165) is 37.0 Å². The molecule has 6 heteroatoms. The van der Waals surface area contributed by atoms with Gasteiger partial charge in [-0.25, -0.2) is 0 Å². The number of hydrogen-bond acceptors (Lipinski definition) is 4. The van der Waals surface area contributed by atoms with Crippen molar-refractivity contribution >= 4 is 11.8 Å². The first-order valence-electron chi connectivity index (χ1n) is 10.3. The zero-order valence-electron chi connectivity index (χ0n) is 16.8. The van der Waals surface area contributed by atoms with Crippen LogP contribution in [0.2, 0.25) is 0 Å². The van der Waals surface area contributed by atoms with Crippen LogP contribution in [0.5, 0.6) is 11.5 Å². The molecule has 4 aliphatic carbocycles. The lowest BCUT2D eigenvalue weighted by molar-refractivity contribution is -0.146. The molecule has 6 nitrogen and oxygen atoms in total. The molecule has 152 valence electrons. The van der Waals surface area contributed by atoms with Gasteiger partial charge in [0.1, 0.15) is 0 Å². The molecule has 0 unspecified atom stereocenters. The van der Waals surface area contributed by atoms with Crippen molar-refractivity contribution < 1.29 is 19.1 Å². The second-order valence-electron chi connectivity index (χ2n) is 8.78. The Morgan fingerprint density at radius 2 is 1.50 bits per heavy atom. The normalized spacial score (nSPS) is 30.0. The van der Waals surface area contributed by atoms with Gasteiger partial charge in [0.25, 0.3) is 5.91 Å². The SMILES string of the molecule is COc1ccc(C(=O)NCCNC(=O)C23CC4CC(CC(C4)C2)C3)cc1OC. The first-order chi connectivity index (χ1) is 13.5. The molecule has 1 aromatic carbocycles. The Morgan fingerprint density at radius 1 is 0.929 bits per heavy atom. The van der Waals surface area contributed by atoms with Crippen molar-refractivity contribution in [2.45, 2.75) is 38.5 Å². The van der Waals surface area contributed by atoms with Crippen LogP contribution in [-0.4, -0.2) is 39.1 Å². The second-order valence-corrected chi connectivity index (χ2v) is 8.78. The highest BCUT2D eigenvalue weighted by molar-refractivity contribution is 5.95. The van der Waals surface area contributed by atoms with Crippen LogP contribution in [0.15, 0.2) is 18.2 Å². The van der Waals surface area contributed by atoms with Crippen LogP contribution < -0.4 is 20.1 Å². The van der Waals surface area contributed by atoms with Crippen LogP contribution in [0.4, 0.5) is 0 Å². The number of carbonyl (C=O) groups excluding carboxylic acids is 2. The number of hydrogen-bond donors (Lipinski definition) is 2. The van der Waals surface area contributed by atoms with Gasteiger partial charge in [-0.1, -0.05) is 0 Å². The maximum absolute atomic E-state index is 12.9. The van der Waals surface area contributed by atoms with Gasteiger partial charge in [-0.05, 0) is 74.5 Å². The summed E-state index contributed by atoms with van der Waals surface area (Å²) in [5.74, 6) is 3.37. The largest absolute Gasteiger partial charge is 0.493 e. The van der Waals surface area contributed by atoms with Crippen molar-refractivity contribution in [3.05, 3.63) is 23.8 Å². The molecule has 2 amide bonds. The van der Waals surface area contributed by atoms with E-state index < -0.39 is 0 Å². The Hall–Kier alpha value is -2.24. The van der Waals surface area contributed by atoms with Crippen LogP contribution >= 0.6 is 0 Å². The quantitative estimate of drug-likeness (QED) is 0.707. The molecule has 1 aromatic rings. The Morgan fingerprint density at radius 3 is 2.07 bits per heavy atom. The molecule has 28 heavy (non-hydrogen) atoms. The first kappa shape index (κ1) is 19.1. The Labute approximate surface area is 166 Å². The van der Waals surface area contributed by atoms with Crippen molar-refractivity contribution in [3.8, 4) is 11.5 Å². The molecule has 0 saturated heterocycles. The van der Waals surface area contributed by atoms with Crippen molar-refractivity contribution in [3.63, 3.8) is 0 Å². The predicted molar refractivity (Wildman–Crippen MR) is 105 cm³/mol. The number of carbonyl (C=O) groups is 2. The van der Waals surface area contributed by atoms with Crippen LogP contribution in [0.3, 0.4) is 0 Å². The molecule has 0 atom stereocenters. The monoisotopic (exact) mass is 386 g/mol. The lowest BCUT2D eigenvalue weighted by atomic mass is 9.49. The van der Waals surface area contributed by atoms with E-state index in [1.54, 1.807) is 32.4 Å². The van der Waals surface area contributed by atoms with Crippen LogP contribution in [-0.2, 0) is 4.79 Å². The molecule has 0 radical (unpaired) electrons. The van der Waals surface area contributed by atoms with E-state index in [1.165, 1.54) is 19.3 Å². The molecule has 4 aliphatic rings. The standard InChI is InChI=1S/C22H30N2O4/c1-27-18-4-3-17(10-19(18)28-2)20(25)23-5-6-24-21(26)22-11-14-7-15(12-22)9-16(8-14)13-22/h3-4,10,14-16H,5-9,11-13H2,1-2H3,(H,23,25)(H,24,26). The number of benzene rings is 1. The van der Waals surface area contributed by atoms with E-state index in [-0.39, 0.29) is 17.2 Å². The van der Waals surface area contributed by atoms with Gasteiger partial charge in [0.2, 0.25) is 5.91 Å². The van der Waals surface area contributed by atoms with E-state index in [9.17, 15) is 9.59 Å². The van der Waals surface area contributed by atoms with Gasteiger partial charge in [0, 0.05) is 24.1 Å². The molecule has 0 aromatic heterocycles. The Bertz CT molecular complexity index is 726. The zero-order valence-corrected chi connectivity index (χ0v) is 16.8. The molecular weight excluding hydrogens is 356 g/mol. The molecule has 0 aliphatic heterocycles. The lowest BCUT2D eigenvalue weighted by Crippen LogP contribution is -2.54. The zero-order chi connectivity index (χ0) is 19.7. The summed E-state index contributed by atoms with van der Waals surface area (Å²) in [6.45, 7) is 0.866. The minimum absolute atomic E-state index is 0.137. The van der Waals surface area contributed by atoms with Gasteiger partial charge < -0.3 is 20.1 Å². The van der Waals surface area contributed by atoms with Gasteiger partial charge >= 0.3 is 0 Å². The third-order valence-electron chi connectivity index (χ3n) is 6.86. The molecule has 4 saturated carbocycles. The van der Waals surface area contributed by atoms with Crippen molar-refractivity contribution in [2.75, 3.05) is 27.3 Å². The third kappa shape index (κ3) is 3.56. The molecule has 0 heterocycles. The lowest BCUT2D eigenvalue weighted by Gasteiger charge is -2.55. The number of amides is 2. The third-order valence-corrected chi connectivity index (χ3v) is 6.86. The van der Waals surface area contributed by atoms with Crippen molar-refractivity contribution in [2.24, 2.45) is 23.2 Å². The van der Waals surface area contributed by atoms with Crippen molar-refractivity contribution in [1.82, 2.24) is 10.6 Å². The fourth-order valence-electron chi connectivity index (χ4n) is 6.01. The topological polar surface area (TPSA) is 76.7 Å². The van der Waals surface area contributed by atoms with Crippen molar-refractivity contribution in [1.29, 1.82) is 0 Å². The summed E-state index contributed by atoms with van der Waals surface area (Å²) in [6.07, 6.45) is 7.16. The number of methoxy groups -OCH3 is 2. The van der Waals surface area contributed by atoms with Gasteiger partial charge in [-0.15, -0.1) is 0 Å². The molecule has 2 N–H and O–H groups in total. The summed E-state index contributed by atoms with van der Waals surface area (Å²) in [7, 11) is 3.10. The average molecular weight is 386 g/mol. The highest BCUT2D eigenvalue weighted by Gasteiger charge is 2.54. The number of ether oxygens (including phenoxy) is 2. The van der Waals surface area contributed by atoms with Crippen LogP contribution in [0, 0.1) is 23.2 Å². The predicted octanol–water partition coefficient (Wildman–Crippen LogP) is 2.77. The van der Waals surface area contributed by atoms with Crippen LogP contribution in [0.25, 0.3) is 0 Å². The maximum Gasteiger partial charge on any atom is 0.251 e. The smallest absolute Gasteiger partial charge is 0.251 e. The van der Waals surface area contributed by atoms with Gasteiger partial charge in [-0.3, -0.25) is 9.59 Å². The van der Waals surface area contributed by atoms with Gasteiger partial charge in [-0.2, -0.15) is 0 Å². The molecule has 0 spiro atoms. The van der Waals surface area contributed by atoms with Gasteiger partial charge in [0.05, 0.1) is 14.2 Å². The minimum atomic E-state index is -0.190. The van der Waals surface area contributed by atoms with E-state index >= 15 is 0 Å². The summed E-state index contributed by atoms with van der Waals surface area (Å²) < 4.78 is 10.4. The second kappa shape index (κ2) is 7.64. The van der Waals surface area contributed by atoms with Crippen LogP contribution in [0.1, 0.15) is 48.9 Å². The Balaban J connectivity index is 1.27. The highest BCUT2D eigenvalue weighted by Crippen LogP contribution is 2.60. The summed E-state index contributed by atoms with van der Waals surface area (Å²) >= 11 is 0. The molecular formula is C22H30N2O4. The number of rotatable bonds is 7. The van der Waals surface area contributed by atoms with E-state index in [0.29, 0.717) is 30.2 Å². The summed E-state index contributed by atoms with van der Waals surface area (Å²) in [6, 6.07) is 5.06. The minimum Gasteiger partial charge on any atom is -0.493 e. The maximum atomic E-state index is 12.9. The molecule has 4 bridgehead atoms.